The molecule has 0 aromatic heterocycles. The number of carbonyl (C=O) groups is 1. The molecule has 2 aliphatic rings. The lowest BCUT2D eigenvalue weighted by Gasteiger charge is -2.38. The van der Waals surface area contributed by atoms with Gasteiger partial charge < -0.3 is 10.6 Å². The van der Waals surface area contributed by atoms with Gasteiger partial charge in [0.2, 0.25) is 5.91 Å². The minimum absolute atomic E-state index is 0. The van der Waals surface area contributed by atoms with E-state index in [0.717, 1.165) is 12.8 Å². The zero-order valence-electron chi connectivity index (χ0n) is 9.40. The summed E-state index contributed by atoms with van der Waals surface area (Å²) < 4.78 is 12.6. The standard InChI is InChI=1S/C11H19FN2O.ClH/c12-9-6-14(7-9)11(15)10(13)8-4-2-1-3-5-8;/h8-10H,1-7,13H2;1H. The number of alkyl halides is 1. The van der Waals surface area contributed by atoms with Crippen molar-refractivity contribution in [2.75, 3.05) is 13.1 Å². The van der Waals surface area contributed by atoms with Crippen LogP contribution in [0, 0.1) is 5.92 Å². The molecule has 3 nitrogen and oxygen atoms in total. The summed E-state index contributed by atoms with van der Waals surface area (Å²) in [6, 6.07) is -0.391. The van der Waals surface area contributed by atoms with Crippen molar-refractivity contribution in [1.82, 2.24) is 4.90 Å². The summed E-state index contributed by atoms with van der Waals surface area (Å²) in [7, 11) is 0. The van der Waals surface area contributed by atoms with Crippen LogP contribution in [-0.4, -0.2) is 36.1 Å². The van der Waals surface area contributed by atoms with Gasteiger partial charge >= 0.3 is 0 Å². The maximum absolute atomic E-state index is 12.6. The zero-order chi connectivity index (χ0) is 10.8. The highest BCUT2D eigenvalue weighted by Crippen LogP contribution is 2.27. The third kappa shape index (κ3) is 2.86. The van der Waals surface area contributed by atoms with Gasteiger partial charge in [0.15, 0.2) is 0 Å². The molecule has 16 heavy (non-hydrogen) atoms. The lowest BCUT2D eigenvalue weighted by molar-refractivity contribution is -0.141. The second-order valence-electron chi connectivity index (χ2n) is 4.76. The van der Waals surface area contributed by atoms with Gasteiger partial charge in [-0.3, -0.25) is 4.79 Å². The lowest BCUT2D eigenvalue weighted by atomic mass is 9.83. The van der Waals surface area contributed by atoms with Crippen LogP contribution in [0.2, 0.25) is 0 Å². The Labute approximate surface area is 102 Å². The van der Waals surface area contributed by atoms with Gasteiger partial charge in [0.05, 0.1) is 19.1 Å². The summed E-state index contributed by atoms with van der Waals surface area (Å²) in [6.45, 7) is 0.499. The van der Waals surface area contributed by atoms with Crippen LogP contribution in [0.4, 0.5) is 4.39 Å². The van der Waals surface area contributed by atoms with Gasteiger partial charge in [-0.15, -0.1) is 12.4 Å². The smallest absolute Gasteiger partial charge is 0.239 e. The Kier molecular flexibility index (Phi) is 4.99. The Hall–Kier alpha value is -0.350. The minimum Gasteiger partial charge on any atom is -0.335 e. The molecule has 0 bridgehead atoms. The molecule has 2 fully saturated rings. The largest absolute Gasteiger partial charge is 0.335 e. The van der Waals surface area contributed by atoms with E-state index >= 15 is 0 Å². The van der Waals surface area contributed by atoms with Crippen LogP contribution in [0.3, 0.4) is 0 Å². The van der Waals surface area contributed by atoms with E-state index in [4.69, 9.17) is 5.73 Å². The number of rotatable bonds is 2. The first-order valence-electron chi connectivity index (χ1n) is 5.87. The molecule has 0 radical (unpaired) electrons. The van der Waals surface area contributed by atoms with Gasteiger partial charge in [0.1, 0.15) is 6.17 Å². The monoisotopic (exact) mass is 250 g/mol. The Morgan fingerprint density at radius 1 is 1.25 bits per heavy atom. The third-order valence-corrected chi connectivity index (χ3v) is 3.59. The van der Waals surface area contributed by atoms with E-state index in [2.05, 4.69) is 0 Å². The van der Waals surface area contributed by atoms with Crippen LogP contribution < -0.4 is 5.73 Å². The molecule has 1 aliphatic heterocycles. The predicted octanol–water partition coefficient (Wildman–Crippen LogP) is 1.50. The van der Waals surface area contributed by atoms with Crippen LogP contribution in [-0.2, 0) is 4.79 Å². The third-order valence-electron chi connectivity index (χ3n) is 3.59. The van der Waals surface area contributed by atoms with Gasteiger partial charge in [-0.05, 0) is 18.8 Å². The Balaban J connectivity index is 0.00000128. The zero-order valence-corrected chi connectivity index (χ0v) is 10.2. The Morgan fingerprint density at radius 2 is 1.81 bits per heavy atom. The molecule has 0 aromatic carbocycles. The summed E-state index contributed by atoms with van der Waals surface area (Å²) >= 11 is 0. The van der Waals surface area contributed by atoms with Crippen molar-refractivity contribution >= 4 is 18.3 Å². The van der Waals surface area contributed by atoms with Gasteiger partial charge in [-0.2, -0.15) is 0 Å². The summed E-state index contributed by atoms with van der Waals surface area (Å²) in [5.74, 6) is 0.278. The van der Waals surface area contributed by atoms with Crippen LogP contribution in [0.25, 0.3) is 0 Å². The SMILES string of the molecule is Cl.NC(C(=O)N1CC(F)C1)C1CCCCC1. The van der Waals surface area contributed by atoms with Gasteiger partial charge in [-0.25, -0.2) is 4.39 Å². The second kappa shape index (κ2) is 5.82. The van der Waals surface area contributed by atoms with Crippen molar-refractivity contribution in [3.8, 4) is 0 Å². The summed E-state index contributed by atoms with van der Waals surface area (Å²) in [5.41, 5.74) is 5.93. The number of halogens is 2. The summed E-state index contributed by atoms with van der Waals surface area (Å²) in [5, 5.41) is 0. The molecule has 1 heterocycles. The molecule has 5 heteroatoms. The quantitative estimate of drug-likeness (QED) is 0.807. The molecule has 2 rings (SSSR count). The van der Waals surface area contributed by atoms with Crippen molar-refractivity contribution in [2.45, 2.75) is 44.3 Å². The minimum atomic E-state index is -0.826. The van der Waals surface area contributed by atoms with Gasteiger partial charge in [-0.1, -0.05) is 19.3 Å². The van der Waals surface area contributed by atoms with Gasteiger partial charge in [0.25, 0.3) is 0 Å². The van der Waals surface area contributed by atoms with Crippen LogP contribution in [0.5, 0.6) is 0 Å². The molecule has 0 aromatic rings. The molecule has 1 saturated carbocycles. The molecule has 1 atom stereocenters. The highest BCUT2D eigenvalue weighted by molar-refractivity contribution is 5.85. The maximum Gasteiger partial charge on any atom is 0.239 e. The molecule has 2 N–H and O–H groups in total. The van der Waals surface area contributed by atoms with E-state index in [1.54, 1.807) is 4.90 Å². The molecule has 1 unspecified atom stereocenters. The van der Waals surface area contributed by atoms with E-state index in [1.807, 2.05) is 0 Å². The first-order chi connectivity index (χ1) is 7.18. The fourth-order valence-electron chi connectivity index (χ4n) is 2.51. The normalized spacial score (nSPS) is 24.5. The van der Waals surface area contributed by atoms with Crippen molar-refractivity contribution in [2.24, 2.45) is 11.7 Å². The number of hydrogen-bond donors (Lipinski definition) is 1. The fraction of sp³-hybridized carbons (Fsp3) is 0.909. The van der Waals surface area contributed by atoms with Gasteiger partial charge in [0, 0.05) is 0 Å². The number of nitrogens with zero attached hydrogens (tertiary/aromatic N) is 1. The van der Waals surface area contributed by atoms with E-state index in [0.29, 0.717) is 5.92 Å². The fourth-order valence-corrected chi connectivity index (χ4v) is 2.51. The van der Waals surface area contributed by atoms with E-state index < -0.39 is 12.2 Å². The maximum atomic E-state index is 12.6. The van der Waals surface area contributed by atoms with Crippen LogP contribution >= 0.6 is 12.4 Å². The van der Waals surface area contributed by atoms with Crippen molar-refractivity contribution in [3.05, 3.63) is 0 Å². The topological polar surface area (TPSA) is 46.3 Å². The molecule has 1 aliphatic carbocycles. The predicted molar refractivity (Wildman–Crippen MR) is 63.3 cm³/mol. The van der Waals surface area contributed by atoms with Crippen molar-refractivity contribution in [1.29, 1.82) is 0 Å². The summed E-state index contributed by atoms with van der Waals surface area (Å²) in [6.07, 6.45) is 4.90. The first kappa shape index (κ1) is 13.7. The summed E-state index contributed by atoms with van der Waals surface area (Å²) in [4.78, 5) is 13.3. The average Bonchev–Trinajstić information content (AvgIpc) is 2.24. The molecule has 1 amide bonds. The number of likely N-dealkylation sites (tertiary alicyclic amines) is 1. The molecule has 94 valence electrons. The lowest BCUT2D eigenvalue weighted by Crippen LogP contribution is -2.58. The highest BCUT2D eigenvalue weighted by Gasteiger charge is 2.36. The second-order valence-corrected chi connectivity index (χ2v) is 4.76. The number of hydrogen-bond acceptors (Lipinski definition) is 2. The molecular formula is C11H20ClFN2O. The van der Waals surface area contributed by atoms with E-state index in [1.165, 1.54) is 19.3 Å². The first-order valence-corrected chi connectivity index (χ1v) is 5.87. The highest BCUT2D eigenvalue weighted by atomic mass is 35.5. The number of amides is 1. The molecule has 0 spiro atoms. The van der Waals surface area contributed by atoms with Crippen LogP contribution in [0.15, 0.2) is 0 Å². The molecular weight excluding hydrogens is 231 g/mol. The number of carbonyl (C=O) groups excluding carboxylic acids is 1. The molecule has 1 saturated heterocycles. The Morgan fingerprint density at radius 3 is 2.31 bits per heavy atom. The van der Waals surface area contributed by atoms with Crippen molar-refractivity contribution in [3.63, 3.8) is 0 Å². The van der Waals surface area contributed by atoms with Crippen molar-refractivity contribution < 1.29 is 9.18 Å². The van der Waals surface area contributed by atoms with E-state index in [9.17, 15) is 9.18 Å². The Bertz CT molecular complexity index is 240. The average molecular weight is 251 g/mol. The van der Waals surface area contributed by atoms with E-state index in [-0.39, 0.29) is 31.4 Å². The number of nitrogens with two attached hydrogens (primary N) is 1. The van der Waals surface area contributed by atoms with Crippen LogP contribution in [0.1, 0.15) is 32.1 Å².